The summed E-state index contributed by atoms with van der Waals surface area (Å²) in [5.74, 6) is -0.404. The molecule has 1 aromatic rings. The van der Waals surface area contributed by atoms with Crippen molar-refractivity contribution in [3.8, 4) is 0 Å². The van der Waals surface area contributed by atoms with E-state index >= 15 is 0 Å². The molecular weight excluding hydrogens is 282 g/mol. The van der Waals surface area contributed by atoms with Gasteiger partial charge in [0.05, 0.1) is 16.8 Å². The molecule has 1 aliphatic rings. The van der Waals surface area contributed by atoms with Crippen LogP contribution in [0, 0.1) is 13.8 Å². The van der Waals surface area contributed by atoms with E-state index in [1.54, 1.807) is 6.26 Å². The molecule has 0 saturated carbocycles. The first kappa shape index (κ1) is 15.0. The van der Waals surface area contributed by atoms with Crippen molar-refractivity contribution in [2.24, 2.45) is 9.98 Å². The summed E-state index contributed by atoms with van der Waals surface area (Å²) in [7, 11) is -1.07. The highest BCUT2D eigenvalue weighted by Crippen LogP contribution is 2.21. The van der Waals surface area contributed by atoms with Crippen LogP contribution in [0.2, 0.25) is 0 Å². The number of aliphatic imine (C=N–C) groups is 2. The van der Waals surface area contributed by atoms with E-state index in [1.165, 1.54) is 6.21 Å². The maximum absolute atomic E-state index is 12.5. The summed E-state index contributed by atoms with van der Waals surface area (Å²) in [6.45, 7) is 3.87. The van der Waals surface area contributed by atoms with E-state index in [2.05, 4.69) is 9.98 Å². The largest absolute Gasteiger partial charge is 0.296 e. The van der Waals surface area contributed by atoms with Crippen LogP contribution < -0.4 is 0 Å². The molecule has 2 unspecified atom stereocenters. The second kappa shape index (κ2) is 5.91. The predicted molar refractivity (Wildman–Crippen MR) is 77.7 cm³/mol. The smallest absolute Gasteiger partial charge is 0.256 e. The monoisotopic (exact) mass is 298 g/mol. The first-order valence-corrected chi connectivity index (χ1v) is 7.78. The van der Waals surface area contributed by atoms with E-state index in [9.17, 15) is 13.0 Å². The lowest BCUT2D eigenvalue weighted by atomic mass is 10.00. The summed E-state index contributed by atoms with van der Waals surface area (Å²) in [6, 6.07) is 3.49. The molecule has 0 aromatic heterocycles. The molecule has 0 spiro atoms. The molecule has 0 radical (unpaired) electrons. The quantitative estimate of drug-likeness (QED) is 0.842. The molecule has 0 bridgehead atoms. The number of hydrogen-bond acceptors (Lipinski definition) is 3. The standard InChI is InChI=1S/C14H16F2N2OS/c1-8-4-9(2)12(20(3)19)6-10(8)5-11-7-17-14(18-11)13(15)16/h4,6-7,11,13H,5H2,1-3H3. The Morgan fingerprint density at radius 3 is 2.55 bits per heavy atom. The van der Waals surface area contributed by atoms with Crippen LogP contribution in [0.15, 0.2) is 27.0 Å². The van der Waals surface area contributed by atoms with E-state index in [0.29, 0.717) is 6.42 Å². The number of benzene rings is 1. The third-order valence-corrected chi connectivity index (χ3v) is 4.30. The van der Waals surface area contributed by atoms with Crippen molar-refractivity contribution >= 4 is 22.8 Å². The van der Waals surface area contributed by atoms with E-state index < -0.39 is 23.1 Å². The molecule has 2 rings (SSSR count). The molecule has 1 heterocycles. The topological polar surface area (TPSA) is 41.8 Å². The average molecular weight is 298 g/mol. The van der Waals surface area contributed by atoms with Gasteiger partial charge in [-0.2, -0.15) is 0 Å². The summed E-state index contributed by atoms with van der Waals surface area (Å²) in [5.41, 5.74) is 2.99. The van der Waals surface area contributed by atoms with Crippen LogP contribution in [-0.2, 0) is 17.2 Å². The number of nitrogens with zero attached hydrogens (tertiary/aromatic N) is 2. The minimum absolute atomic E-state index is 0.362. The fourth-order valence-electron chi connectivity index (χ4n) is 2.24. The Balaban J connectivity index is 2.25. The van der Waals surface area contributed by atoms with Crippen molar-refractivity contribution in [1.29, 1.82) is 0 Å². The summed E-state index contributed by atoms with van der Waals surface area (Å²) in [4.78, 5) is 8.30. The predicted octanol–water partition coefficient (Wildman–Crippen LogP) is 2.70. The number of amidine groups is 1. The van der Waals surface area contributed by atoms with Gasteiger partial charge in [0.15, 0.2) is 5.84 Å². The average Bonchev–Trinajstić information content (AvgIpc) is 2.80. The zero-order chi connectivity index (χ0) is 14.9. The summed E-state index contributed by atoms with van der Waals surface area (Å²) in [6.07, 6.45) is 0.944. The van der Waals surface area contributed by atoms with Crippen LogP contribution in [0.5, 0.6) is 0 Å². The van der Waals surface area contributed by atoms with Crippen molar-refractivity contribution in [3.05, 3.63) is 28.8 Å². The molecule has 1 aliphatic heterocycles. The van der Waals surface area contributed by atoms with Crippen molar-refractivity contribution in [2.45, 2.75) is 37.6 Å². The zero-order valence-corrected chi connectivity index (χ0v) is 12.4. The molecule has 0 saturated heterocycles. The molecule has 3 nitrogen and oxygen atoms in total. The highest BCUT2D eigenvalue weighted by molar-refractivity contribution is 7.84. The number of rotatable bonds is 4. The zero-order valence-electron chi connectivity index (χ0n) is 11.6. The van der Waals surface area contributed by atoms with Gasteiger partial charge in [0.2, 0.25) is 0 Å². The lowest BCUT2D eigenvalue weighted by Crippen LogP contribution is -2.11. The van der Waals surface area contributed by atoms with Crippen LogP contribution in [0.25, 0.3) is 0 Å². The molecule has 0 amide bonds. The van der Waals surface area contributed by atoms with E-state index in [1.807, 2.05) is 26.0 Å². The Kier molecular flexibility index (Phi) is 4.42. The van der Waals surface area contributed by atoms with Gasteiger partial charge in [0.1, 0.15) is 0 Å². The molecular formula is C14H16F2N2OS. The third-order valence-electron chi connectivity index (χ3n) is 3.24. The second-order valence-electron chi connectivity index (χ2n) is 4.84. The van der Waals surface area contributed by atoms with E-state index in [-0.39, 0.29) is 6.04 Å². The molecule has 1 aromatic carbocycles. The SMILES string of the molecule is Cc1cc(C)c(S(C)=O)cc1CC1C=NC(C(F)F)=N1. The number of alkyl halides is 2. The van der Waals surface area contributed by atoms with Gasteiger partial charge >= 0.3 is 0 Å². The highest BCUT2D eigenvalue weighted by Gasteiger charge is 2.21. The first-order valence-electron chi connectivity index (χ1n) is 6.22. The van der Waals surface area contributed by atoms with Crippen LogP contribution in [0.3, 0.4) is 0 Å². The first-order chi connectivity index (χ1) is 9.38. The normalized spacial score (nSPS) is 19.5. The van der Waals surface area contributed by atoms with Gasteiger partial charge in [-0.1, -0.05) is 6.07 Å². The molecule has 0 N–H and O–H groups in total. The van der Waals surface area contributed by atoms with Crippen molar-refractivity contribution in [1.82, 2.24) is 0 Å². The summed E-state index contributed by atoms with van der Waals surface area (Å²) >= 11 is 0. The highest BCUT2D eigenvalue weighted by atomic mass is 32.2. The number of aryl methyl sites for hydroxylation is 2. The molecule has 108 valence electrons. The lowest BCUT2D eigenvalue weighted by molar-refractivity contribution is 0.224. The van der Waals surface area contributed by atoms with Crippen LogP contribution in [0.1, 0.15) is 16.7 Å². The van der Waals surface area contributed by atoms with Crippen molar-refractivity contribution in [2.75, 3.05) is 6.26 Å². The third kappa shape index (κ3) is 3.17. The summed E-state index contributed by atoms with van der Waals surface area (Å²) < 4.78 is 36.6. The maximum atomic E-state index is 12.5. The number of halogens is 2. The Labute approximate surface area is 119 Å². The van der Waals surface area contributed by atoms with Crippen molar-refractivity contribution in [3.63, 3.8) is 0 Å². The van der Waals surface area contributed by atoms with E-state index in [0.717, 1.165) is 21.6 Å². The molecule has 20 heavy (non-hydrogen) atoms. The molecule has 2 atom stereocenters. The van der Waals surface area contributed by atoms with Gasteiger partial charge in [0.25, 0.3) is 6.43 Å². The van der Waals surface area contributed by atoms with Gasteiger partial charge < -0.3 is 0 Å². The minimum atomic E-state index is -2.63. The molecule has 0 fully saturated rings. The Morgan fingerprint density at radius 2 is 2.00 bits per heavy atom. The van der Waals surface area contributed by atoms with Crippen LogP contribution in [0.4, 0.5) is 8.78 Å². The van der Waals surface area contributed by atoms with E-state index in [4.69, 9.17) is 0 Å². The number of hydrogen-bond donors (Lipinski definition) is 0. The Morgan fingerprint density at radius 1 is 1.30 bits per heavy atom. The fraction of sp³-hybridized carbons (Fsp3) is 0.429. The van der Waals surface area contributed by atoms with Crippen LogP contribution >= 0.6 is 0 Å². The Hall–Kier alpha value is -1.43. The van der Waals surface area contributed by atoms with Crippen molar-refractivity contribution < 1.29 is 13.0 Å². The van der Waals surface area contributed by atoms with Gasteiger partial charge in [-0.15, -0.1) is 0 Å². The fourth-order valence-corrected chi connectivity index (χ4v) is 3.06. The second-order valence-corrected chi connectivity index (χ2v) is 6.18. The molecule has 0 aliphatic carbocycles. The van der Waals surface area contributed by atoms with Gasteiger partial charge in [0, 0.05) is 23.8 Å². The van der Waals surface area contributed by atoms with Gasteiger partial charge in [-0.05, 0) is 36.6 Å². The lowest BCUT2D eigenvalue weighted by Gasteiger charge is -2.12. The van der Waals surface area contributed by atoms with Gasteiger partial charge in [-0.3, -0.25) is 9.20 Å². The van der Waals surface area contributed by atoms with Gasteiger partial charge in [-0.25, -0.2) is 13.8 Å². The molecule has 6 heteroatoms. The summed E-state index contributed by atoms with van der Waals surface area (Å²) in [5, 5.41) is 0. The van der Waals surface area contributed by atoms with Crippen LogP contribution in [-0.4, -0.2) is 35.0 Å². The Bertz CT molecular complexity index is 611. The maximum Gasteiger partial charge on any atom is 0.296 e. The minimum Gasteiger partial charge on any atom is -0.256 e.